The van der Waals surface area contributed by atoms with Gasteiger partial charge in [0.25, 0.3) is 5.72 Å². The number of benzene rings is 1. The second-order valence-electron chi connectivity index (χ2n) is 9.63. The third-order valence-electron chi connectivity index (χ3n) is 8.67. The Labute approximate surface area is 194 Å². The minimum Gasteiger partial charge on any atom is -0.493 e. The Morgan fingerprint density at radius 1 is 1.15 bits per heavy atom. The van der Waals surface area contributed by atoms with E-state index >= 15 is 0 Å². The number of methoxy groups -OCH3 is 3. The largest absolute Gasteiger partial charge is 0.493 e. The van der Waals surface area contributed by atoms with Crippen LogP contribution in [0.25, 0.3) is 11.1 Å². The molecule has 4 heterocycles. The molecule has 6 rings (SSSR count). The quantitative estimate of drug-likeness (QED) is 0.515. The van der Waals surface area contributed by atoms with Crippen LogP contribution in [-0.4, -0.2) is 67.0 Å². The molecule has 1 saturated heterocycles. The zero-order valence-corrected chi connectivity index (χ0v) is 19.2. The summed E-state index contributed by atoms with van der Waals surface area (Å²) in [7, 11) is 4.02. The molecule has 2 fully saturated rings. The molecule has 0 bridgehead atoms. The smallest absolute Gasteiger partial charge is 0.422 e. The lowest BCUT2D eigenvalue weighted by Crippen LogP contribution is -2.70. The number of rotatable bonds is 3. The van der Waals surface area contributed by atoms with Crippen LogP contribution in [0.5, 0.6) is 5.75 Å². The first-order chi connectivity index (χ1) is 16.3. The maximum atomic E-state index is 13.3. The number of carbonyl (C=O) groups is 2. The van der Waals surface area contributed by atoms with E-state index in [9.17, 15) is 19.5 Å². The number of aliphatic hydroxyl groups is 1. The normalized spacial score (nSPS) is 35.5. The molecule has 2 aromatic rings. The summed E-state index contributed by atoms with van der Waals surface area (Å²) in [5, 5.41) is 12.2. The third-order valence-corrected chi connectivity index (χ3v) is 8.67. The molecule has 10 nitrogen and oxygen atoms in total. The average Bonchev–Trinajstić information content (AvgIpc) is 3.42. The number of carbonyl (C=O) groups excluding carboxylic acids is 2. The zero-order chi connectivity index (χ0) is 24.0. The van der Waals surface area contributed by atoms with Crippen molar-refractivity contribution in [3.05, 3.63) is 40.4 Å². The van der Waals surface area contributed by atoms with Gasteiger partial charge in [0.1, 0.15) is 10.9 Å². The van der Waals surface area contributed by atoms with Gasteiger partial charge in [-0.1, -0.05) is 18.2 Å². The molecule has 1 spiro atoms. The zero-order valence-electron chi connectivity index (χ0n) is 19.2. The number of esters is 2. The first-order valence-corrected chi connectivity index (χ1v) is 11.4. The number of hydrogen-bond donors (Lipinski definition) is 1. The van der Waals surface area contributed by atoms with Crippen molar-refractivity contribution in [1.29, 1.82) is 0 Å². The molecule has 5 unspecified atom stereocenters. The molecule has 34 heavy (non-hydrogen) atoms. The van der Waals surface area contributed by atoms with Gasteiger partial charge in [0.2, 0.25) is 0 Å². The summed E-state index contributed by atoms with van der Waals surface area (Å²) in [5.41, 5.74) is -2.90. The van der Waals surface area contributed by atoms with E-state index in [2.05, 4.69) is 4.90 Å². The minimum absolute atomic E-state index is 0.152. The van der Waals surface area contributed by atoms with Gasteiger partial charge in [-0.15, -0.1) is 0 Å². The van der Waals surface area contributed by atoms with E-state index in [0.717, 1.165) is 10.1 Å². The standard InChI is InChI=1S/C24H26N2O8/c1-31-14-6-5-13-16-17(14)34-21(29)26(16)24(30,20(28)33-3)15-7-9-22(19(27)32-2)8-4-11-25-12-10-23(13,15)18(22)25/h4-6,8,15,18,30H,7,9-12H2,1-3H3. The van der Waals surface area contributed by atoms with Crippen molar-refractivity contribution in [2.45, 2.75) is 36.4 Å². The summed E-state index contributed by atoms with van der Waals surface area (Å²) in [6, 6.07) is 3.21. The predicted octanol–water partition coefficient (Wildman–Crippen LogP) is 0.886. The van der Waals surface area contributed by atoms with Crippen molar-refractivity contribution < 1.29 is 33.3 Å². The predicted molar refractivity (Wildman–Crippen MR) is 117 cm³/mol. The van der Waals surface area contributed by atoms with Crippen molar-refractivity contribution >= 4 is 23.0 Å². The lowest BCUT2D eigenvalue weighted by molar-refractivity contribution is -0.205. The lowest BCUT2D eigenvalue weighted by atomic mass is 9.48. The summed E-state index contributed by atoms with van der Waals surface area (Å²) >= 11 is 0. The first-order valence-electron chi connectivity index (χ1n) is 11.4. The highest BCUT2D eigenvalue weighted by Gasteiger charge is 2.74. The molecule has 0 amide bonds. The second kappa shape index (κ2) is 6.73. The molecular formula is C24H26N2O8. The molecule has 4 aliphatic rings. The minimum atomic E-state index is -2.31. The van der Waals surface area contributed by atoms with Crippen molar-refractivity contribution in [2.75, 3.05) is 34.4 Å². The van der Waals surface area contributed by atoms with Crippen LogP contribution in [-0.2, 0) is 30.2 Å². The van der Waals surface area contributed by atoms with Gasteiger partial charge >= 0.3 is 17.7 Å². The van der Waals surface area contributed by atoms with Gasteiger partial charge in [0, 0.05) is 23.9 Å². The molecule has 5 atom stereocenters. The van der Waals surface area contributed by atoms with Gasteiger partial charge in [0.15, 0.2) is 11.3 Å². The molecule has 3 aliphatic heterocycles. The van der Waals surface area contributed by atoms with Crippen LogP contribution in [0.15, 0.2) is 33.5 Å². The topological polar surface area (TPSA) is 120 Å². The Hall–Kier alpha value is -3.11. The van der Waals surface area contributed by atoms with E-state index < -0.39 is 34.2 Å². The van der Waals surface area contributed by atoms with Crippen LogP contribution < -0.4 is 10.5 Å². The van der Waals surface area contributed by atoms with Gasteiger partial charge in [-0.05, 0) is 37.4 Å². The van der Waals surface area contributed by atoms with E-state index in [1.807, 2.05) is 18.2 Å². The fraction of sp³-hybridized carbons (Fsp3) is 0.542. The van der Waals surface area contributed by atoms with E-state index in [-0.39, 0.29) is 17.6 Å². The van der Waals surface area contributed by atoms with Crippen LogP contribution >= 0.6 is 0 Å². The highest BCUT2D eigenvalue weighted by atomic mass is 16.5. The summed E-state index contributed by atoms with van der Waals surface area (Å²) in [4.78, 5) is 41.9. The number of aromatic nitrogens is 1. The van der Waals surface area contributed by atoms with E-state index in [1.54, 1.807) is 6.07 Å². The van der Waals surface area contributed by atoms with Gasteiger partial charge < -0.3 is 23.7 Å². The fourth-order valence-electron chi connectivity index (χ4n) is 7.60. The van der Waals surface area contributed by atoms with E-state index in [1.165, 1.54) is 21.3 Å². The summed E-state index contributed by atoms with van der Waals surface area (Å²) < 4.78 is 22.4. The van der Waals surface area contributed by atoms with Gasteiger partial charge in [-0.2, -0.15) is 0 Å². The van der Waals surface area contributed by atoms with Crippen molar-refractivity contribution in [3.63, 3.8) is 0 Å². The SMILES string of the molecule is COC(=O)C12C=CCN3CCC4(c5ccc(OC)c6oc(=O)n(c56)C(O)(C(=O)OC)C4CC1)C32. The molecule has 10 heteroatoms. The van der Waals surface area contributed by atoms with Crippen LogP contribution in [0.4, 0.5) is 0 Å². The third kappa shape index (κ3) is 2.12. The van der Waals surface area contributed by atoms with E-state index in [4.69, 9.17) is 18.6 Å². The Bertz CT molecular complexity index is 1330. The highest BCUT2D eigenvalue weighted by Crippen LogP contribution is 2.66. The van der Waals surface area contributed by atoms with Crippen LogP contribution in [0, 0.1) is 11.3 Å². The number of hydrogen-bond acceptors (Lipinski definition) is 9. The Balaban J connectivity index is 1.76. The fourth-order valence-corrected chi connectivity index (χ4v) is 7.60. The second-order valence-corrected chi connectivity index (χ2v) is 9.63. The molecule has 1 saturated carbocycles. The molecule has 1 N–H and O–H groups in total. The maximum Gasteiger partial charge on any atom is 0.422 e. The number of oxazole rings is 1. The Morgan fingerprint density at radius 2 is 1.91 bits per heavy atom. The molecule has 1 aliphatic carbocycles. The van der Waals surface area contributed by atoms with Crippen LogP contribution in [0.1, 0.15) is 24.8 Å². The van der Waals surface area contributed by atoms with Gasteiger partial charge in [0.05, 0.1) is 21.3 Å². The summed E-state index contributed by atoms with van der Waals surface area (Å²) in [6.07, 6.45) is 5.13. The molecule has 1 aromatic heterocycles. The summed E-state index contributed by atoms with van der Waals surface area (Å²) in [5.74, 6) is -2.58. The number of ether oxygens (including phenoxy) is 3. The van der Waals surface area contributed by atoms with E-state index in [0.29, 0.717) is 43.6 Å². The van der Waals surface area contributed by atoms with Crippen molar-refractivity contribution in [1.82, 2.24) is 9.47 Å². The molecule has 1 aromatic carbocycles. The van der Waals surface area contributed by atoms with Crippen molar-refractivity contribution in [2.24, 2.45) is 11.3 Å². The molecule has 180 valence electrons. The number of nitrogens with zero attached hydrogens (tertiary/aromatic N) is 2. The Morgan fingerprint density at radius 3 is 2.62 bits per heavy atom. The highest BCUT2D eigenvalue weighted by molar-refractivity contribution is 5.91. The first kappa shape index (κ1) is 21.4. The van der Waals surface area contributed by atoms with Crippen molar-refractivity contribution in [3.8, 4) is 5.75 Å². The maximum absolute atomic E-state index is 13.3. The Kier molecular flexibility index (Phi) is 4.24. The monoisotopic (exact) mass is 470 g/mol. The lowest BCUT2D eigenvalue weighted by Gasteiger charge is -2.60. The molecule has 0 radical (unpaired) electrons. The van der Waals surface area contributed by atoms with Gasteiger partial charge in [-0.3, -0.25) is 9.69 Å². The average molecular weight is 470 g/mol. The van der Waals surface area contributed by atoms with Crippen LogP contribution in [0.2, 0.25) is 0 Å². The molecular weight excluding hydrogens is 444 g/mol. The van der Waals surface area contributed by atoms with Crippen LogP contribution in [0.3, 0.4) is 0 Å². The summed E-state index contributed by atoms with van der Waals surface area (Å²) in [6.45, 7) is 1.28. The van der Waals surface area contributed by atoms with Gasteiger partial charge in [-0.25, -0.2) is 14.2 Å².